The van der Waals surface area contributed by atoms with Crippen LogP contribution in [0.25, 0.3) is 12.2 Å². The smallest absolute Gasteiger partial charge is 0.744 e. The fourth-order valence-electron chi connectivity index (χ4n) is 2.97. The van der Waals surface area contributed by atoms with E-state index >= 15 is 0 Å². The molecule has 0 heterocycles. The largest absolute Gasteiger partial charge is 1.00 e. The SMILES string of the molecule is CC(C)NC(=O)Nc1ccc(/C=C/c2ccc(NC(=O)NC(C)C)cc2S(=O)(=O)[O-])c(S(=O)(=O)[O-])c1.[Na+].[Na+]. The van der Waals surface area contributed by atoms with E-state index < -0.39 is 42.1 Å². The maximum Gasteiger partial charge on any atom is 1.00 e. The number of benzene rings is 2. The Kier molecular flexibility index (Phi) is 14.8. The molecule has 0 spiro atoms. The second-order valence-electron chi connectivity index (χ2n) is 8.25. The Hall–Kier alpha value is -1.46. The van der Waals surface area contributed by atoms with Crippen molar-refractivity contribution in [2.75, 3.05) is 10.6 Å². The molecule has 0 aliphatic carbocycles. The van der Waals surface area contributed by atoms with Crippen molar-refractivity contribution >= 4 is 55.8 Å². The van der Waals surface area contributed by atoms with Gasteiger partial charge in [-0.25, -0.2) is 26.4 Å². The van der Waals surface area contributed by atoms with Gasteiger partial charge in [0.15, 0.2) is 0 Å². The first-order chi connectivity index (χ1) is 16.6. The van der Waals surface area contributed by atoms with Gasteiger partial charge in [0.2, 0.25) is 0 Å². The van der Waals surface area contributed by atoms with Gasteiger partial charge in [-0.15, -0.1) is 0 Å². The normalized spacial score (nSPS) is 11.5. The Morgan fingerprint density at radius 3 is 1.26 bits per heavy atom. The van der Waals surface area contributed by atoms with Crippen LogP contribution in [0.1, 0.15) is 38.8 Å². The minimum absolute atomic E-state index is 0. The van der Waals surface area contributed by atoms with E-state index in [2.05, 4.69) is 21.3 Å². The molecule has 0 saturated carbocycles. The summed E-state index contributed by atoms with van der Waals surface area (Å²) in [6, 6.07) is 5.52. The predicted octanol–water partition coefficient (Wildman–Crippen LogP) is -3.27. The number of hydrogen-bond donors (Lipinski definition) is 4. The van der Waals surface area contributed by atoms with Crippen LogP contribution in [0.5, 0.6) is 0 Å². The fourth-order valence-corrected chi connectivity index (χ4v) is 4.36. The molecule has 0 aromatic heterocycles. The number of carbonyl (C=O) groups is 2. The third kappa shape index (κ3) is 11.7. The summed E-state index contributed by atoms with van der Waals surface area (Å²) in [5, 5.41) is 9.92. The molecule has 2 rings (SSSR count). The first kappa shape index (κ1) is 36.5. The van der Waals surface area contributed by atoms with Crippen LogP contribution in [0, 0.1) is 0 Å². The number of anilines is 2. The topological polar surface area (TPSA) is 197 Å². The van der Waals surface area contributed by atoms with Crippen LogP contribution in [0.2, 0.25) is 0 Å². The van der Waals surface area contributed by atoms with E-state index in [1.807, 2.05) is 0 Å². The van der Waals surface area contributed by atoms with Crippen molar-refractivity contribution in [3.8, 4) is 0 Å². The molecule has 196 valence electrons. The molecule has 16 heteroatoms. The van der Waals surface area contributed by atoms with Gasteiger partial charge in [0.1, 0.15) is 20.2 Å². The van der Waals surface area contributed by atoms with Crippen LogP contribution in [-0.2, 0) is 20.2 Å². The first-order valence-electron chi connectivity index (χ1n) is 10.6. The minimum Gasteiger partial charge on any atom is -0.744 e. The summed E-state index contributed by atoms with van der Waals surface area (Å²) < 4.78 is 70.9. The van der Waals surface area contributed by atoms with Crippen molar-refractivity contribution in [2.24, 2.45) is 0 Å². The Balaban J connectivity index is 0.00000684. The van der Waals surface area contributed by atoms with Crippen molar-refractivity contribution in [1.82, 2.24) is 10.6 Å². The second kappa shape index (κ2) is 15.4. The van der Waals surface area contributed by atoms with E-state index in [0.717, 1.165) is 24.3 Å². The predicted molar refractivity (Wildman–Crippen MR) is 132 cm³/mol. The van der Waals surface area contributed by atoms with E-state index in [9.17, 15) is 35.5 Å². The summed E-state index contributed by atoms with van der Waals surface area (Å²) in [5.41, 5.74) is -0.129. The minimum atomic E-state index is -5.00. The van der Waals surface area contributed by atoms with Crippen molar-refractivity contribution in [2.45, 2.75) is 49.6 Å². The van der Waals surface area contributed by atoms with Gasteiger partial charge in [-0.05, 0) is 63.1 Å². The van der Waals surface area contributed by atoms with E-state index in [-0.39, 0.29) is 93.7 Å². The molecule has 0 saturated heterocycles. The van der Waals surface area contributed by atoms with Gasteiger partial charge in [-0.1, -0.05) is 24.3 Å². The zero-order valence-corrected chi connectivity index (χ0v) is 27.5. The van der Waals surface area contributed by atoms with Crippen LogP contribution in [0.15, 0.2) is 46.2 Å². The van der Waals surface area contributed by atoms with Crippen LogP contribution in [0.3, 0.4) is 0 Å². The van der Waals surface area contributed by atoms with Crippen LogP contribution >= 0.6 is 0 Å². The third-order valence-electron chi connectivity index (χ3n) is 4.36. The molecule has 0 aliphatic heterocycles. The average molecular weight is 585 g/mol. The van der Waals surface area contributed by atoms with Gasteiger partial charge in [0.25, 0.3) is 0 Å². The molecule has 0 unspecified atom stereocenters. The Morgan fingerprint density at radius 1 is 0.684 bits per heavy atom. The van der Waals surface area contributed by atoms with Gasteiger partial charge < -0.3 is 30.4 Å². The molecular formula is C22H26N4Na2O8S2. The zero-order valence-electron chi connectivity index (χ0n) is 21.9. The molecule has 0 bridgehead atoms. The number of urea groups is 2. The van der Waals surface area contributed by atoms with Crippen molar-refractivity contribution in [1.29, 1.82) is 0 Å². The molecule has 2 aromatic rings. The van der Waals surface area contributed by atoms with Crippen LogP contribution < -0.4 is 80.4 Å². The standard InChI is InChI=1S/C22H28N4O8S2.2Na/c1-13(2)23-21(27)25-17-9-7-15(19(11-17)35(29,30)31)5-6-16-8-10-18(12-20(16)36(32,33)34)26-22(28)24-14(3)4;;/h5-14H,1-4H3,(H2,23,25,27)(H2,24,26,28)(H,29,30,31)(H,32,33,34);;/q;2*+1/p-2/b6-5+;;. The molecular weight excluding hydrogens is 558 g/mol. The van der Waals surface area contributed by atoms with Gasteiger partial charge in [-0.2, -0.15) is 0 Å². The molecule has 0 aliphatic rings. The monoisotopic (exact) mass is 584 g/mol. The van der Waals surface area contributed by atoms with Gasteiger partial charge >= 0.3 is 71.2 Å². The quantitative estimate of drug-likeness (QED) is 0.141. The third-order valence-corrected chi connectivity index (χ3v) is 6.15. The summed E-state index contributed by atoms with van der Waals surface area (Å²) in [4.78, 5) is 22.4. The molecule has 12 nitrogen and oxygen atoms in total. The van der Waals surface area contributed by atoms with E-state index in [4.69, 9.17) is 0 Å². The van der Waals surface area contributed by atoms with Crippen molar-refractivity contribution < 1.29 is 94.6 Å². The first-order valence-corrected chi connectivity index (χ1v) is 13.4. The van der Waals surface area contributed by atoms with E-state index in [1.165, 1.54) is 24.3 Å². The molecule has 4 amide bonds. The number of carbonyl (C=O) groups excluding carboxylic acids is 2. The fraction of sp³-hybridized carbons (Fsp3) is 0.273. The summed E-state index contributed by atoms with van der Waals surface area (Å²) in [7, 11) is -9.99. The van der Waals surface area contributed by atoms with Gasteiger partial charge in [0.05, 0.1) is 9.79 Å². The summed E-state index contributed by atoms with van der Waals surface area (Å²) in [5.74, 6) is 0. The Labute approximate surface area is 266 Å². The molecule has 0 radical (unpaired) electrons. The number of rotatable bonds is 8. The number of amides is 4. The maximum atomic E-state index is 11.9. The van der Waals surface area contributed by atoms with Gasteiger partial charge in [-0.3, -0.25) is 0 Å². The number of nitrogens with one attached hydrogen (secondary N) is 4. The average Bonchev–Trinajstić information content (AvgIpc) is 2.70. The van der Waals surface area contributed by atoms with Crippen LogP contribution in [0.4, 0.5) is 21.0 Å². The summed E-state index contributed by atoms with van der Waals surface area (Å²) >= 11 is 0. The van der Waals surface area contributed by atoms with Crippen molar-refractivity contribution in [3.63, 3.8) is 0 Å². The zero-order chi connectivity index (χ0) is 27.3. The molecule has 38 heavy (non-hydrogen) atoms. The Bertz CT molecular complexity index is 1290. The summed E-state index contributed by atoms with van der Waals surface area (Å²) in [6.45, 7) is 6.89. The molecule has 0 atom stereocenters. The second-order valence-corrected chi connectivity index (χ2v) is 10.9. The Morgan fingerprint density at radius 2 is 1.00 bits per heavy atom. The van der Waals surface area contributed by atoms with Gasteiger partial charge in [0, 0.05) is 23.5 Å². The van der Waals surface area contributed by atoms with Crippen molar-refractivity contribution in [3.05, 3.63) is 47.5 Å². The molecule has 2 aromatic carbocycles. The maximum absolute atomic E-state index is 11.9. The van der Waals surface area contributed by atoms with E-state index in [1.54, 1.807) is 27.7 Å². The molecule has 0 fully saturated rings. The van der Waals surface area contributed by atoms with Crippen LogP contribution in [-0.4, -0.2) is 50.1 Å². The van der Waals surface area contributed by atoms with E-state index in [0.29, 0.717) is 0 Å². The summed E-state index contributed by atoms with van der Waals surface area (Å²) in [6.07, 6.45) is 2.29. The molecule has 4 N–H and O–H groups in total. The number of hydrogen-bond acceptors (Lipinski definition) is 8.